The van der Waals surface area contributed by atoms with E-state index in [9.17, 15) is 9.59 Å². The van der Waals surface area contributed by atoms with Gasteiger partial charge >= 0.3 is 6.09 Å². The third-order valence-corrected chi connectivity index (χ3v) is 6.12. The van der Waals surface area contributed by atoms with E-state index in [2.05, 4.69) is 5.32 Å². The molecule has 2 amide bonds. The third kappa shape index (κ3) is 4.56. The standard InChI is InChI=1S/C22H32N4O3/c1-14-12-25(22(28)29-13-16-3-4-16)21-9-17(5-8-20(21)26(14)15(2)27)18(10-23)11-24-19-6-7-19/h5,8-9,14,16,18-19,24H,3-4,6-7,10-13,23H2,1-2H3/t14-,18?/m0/s1. The molecular weight excluding hydrogens is 368 g/mol. The van der Waals surface area contributed by atoms with Crippen molar-refractivity contribution >= 4 is 23.4 Å². The lowest BCUT2D eigenvalue weighted by Gasteiger charge is -2.40. The summed E-state index contributed by atoms with van der Waals surface area (Å²) < 4.78 is 5.57. The van der Waals surface area contributed by atoms with Crippen LogP contribution >= 0.6 is 0 Å². The highest BCUT2D eigenvalue weighted by atomic mass is 16.6. The van der Waals surface area contributed by atoms with E-state index in [-0.39, 0.29) is 24.0 Å². The van der Waals surface area contributed by atoms with Gasteiger partial charge in [-0.1, -0.05) is 6.07 Å². The Morgan fingerprint density at radius 2 is 2.00 bits per heavy atom. The summed E-state index contributed by atoms with van der Waals surface area (Å²) in [6, 6.07) is 6.50. The molecule has 1 unspecified atom stereocenters. The first kappa shape index (κ1) is 20.2. The molecule has 1 aliphatic heterocycles. The maximum atomic E-state index is 12.9. The van der Waals surface area contributed by atoms with Gasteiger partial charge in [0.2, 0.25) is 5.91 Å². The number of carbonyl (C=O) groups excluding carboxylic acids is 2. The van der Waals surface area contributed by atoms with Gasteiger partial charge in [0.15, 0.2) is 0 Å². The number of nitrogens with one attached hydrogen (secondary N) is 1. The van der Waals surface area contributed by atoms with Crippen molar-refractivity contribution < 1.29 is 14.3 Å². The van der Waals surface area contributed by atoms with Crippen LogP contribution in [0.4, 0.5) is 16.2 Å². The van der Waals surface area contributed by atoms with Crippen molar-refractivity contribution in [3.8, 4) is 0 Å². The lowest BCUT2D eigenvalue weighted by atomic mass is 9.96. The molecule has 2 atom stereocenters. The van der Waals surface area contributed by atoms with Crippen molar-refractivity contribution in [1.29, 1.82) is 0 Å². The molecule has 0 bridgehead atoms. The Bertz CT molecular complexity index is 775. The second-order valence-corrected chi connectivity index (χ2v) is 8.73. The maximum Gasteiger partial charge on any atom is 0.414 e. The minimum absolute atomic E-state index is 0.0247. The van der Waals surface area contributed by atoms with E-state index in [1.807, 2.05) is 25.1 Å². The molecule has 0 radical (unpaired) electrons. The smallest absolute Gasteiger partial charge is 0.414 e. The van der Waals surface area contributed by atoms with Crippen molar-refractivity contribution in [2.45, 2.75) is 57.5 Å². The van der Waals surface area contributed by atoms with Gasteiger partial charge < -0.3 is 20.7 Å². The number of ether oxygens (including phenoxy) is 1. The van der Waals surface area contributed by atoms with E-state index in [0.29, 0.717) is 31.7 Å². The van der Waals surface area contributed by atoms with E-state index in [1.54, 1.807) is 16.7 Å². The predicted octanol–water partition coefficient (Wildman–Crippen LogP) is 2.59. The van der Waals surface area contributed by atoms with Crippen molar-refractivity contribution in [1.82, 2.24) is 5.32 Å². The van der Waals surface area contributed by atoms with Gasteiger partial charge in [0, 0.05) is 38.5 Å². The van der Waals surface area contributed by atoms with Crippen LogP contribution < -0.4 is 20.9 Å². The van der Waals surface area contributed by atoms with Gasteiger partial charge in [-0.25, -0.2) is 4.79 Å². The molecule has 3 N–H and O–H groups in total. The summed E-state index contributed by atoms with van der Waals surface area (Å²) in [5.74, 6) is 0.648. The highest BCUT2D eigenvalue weighted by Crippen LogP contribution is 2.38. The molecule has 2 fully saturated rings. The van der Waals surface area contributed by atoms with E-state index in [0.717, 1.165) is 36.3 Å². The summed E-state index contributed by atoms with van der Waals surface area (Å²) in [4.78, 5) is 28.6. The molecule has 1 aromatic rings. The summed E-state index contributed by atoms with van der Waals surface area (Å²) in [5, 5.41) is 3.54. The number of fused-ring (bicyclic) bond motifs is 1. The number of rotatable bonds is 7. The number of nitrogens with two attached hydrogens (primary N) is 1. The fraction of sp³-hybridized carbons (Fsp3) is 0.636. The monoisotopic (exact) mass is 400 g/mol. The normalized spacial score (nSPS) is 22.2. The topological polar surface area (TPSA) is 87.9 Å². The fourth-order valence-corrected chi connectivity index (χ4v) is 4.03. The number of anilines is 2. The van der Waals surface area contributed by atoms with Gasteiger partial charge in [0.05, 0.1) is 24.0 Å². The Labute approximate surface area is 172 Å². The Hall–Kier alpha value is -2.12. The SMILES string of the molecule is CC(=O)N1c2ccc(C(CN)CNC3CC3)cc2N(C(=O)OCC2CC2)C[C@@H]1C. The minimum Gasteiger partial charge on any atom is -0.449 e. The average molecular weight is 401 g/mol. The predicted molar refractivity (Wildman–Crippen MR) is 113 cm³/mol. The fourth-order valence-electron chi connectivity index (χ4n) is 4.03. The quantitative estimate of drug-likeness (QED) is 0.735. The maximum absolute atomic E-state index is 12.9. The molecule has 4 rings (SSSR count). The zero-order valence-corrected chi connectivity index (χ0v) is 17.4. The van der Waals surface area contributed by atoms with Crippen molar-refractivity contribution in [2.24, 2.45) is 11.7 Å². The molecule has 0 spiro atoms. The van der Waals surface area contributed by atoms with Crippen LogP contribution in [-0.4, -0.2) is 50.3 Å². The van der Waals surface area contributed by atoms with Crippen LogP contribution in [0.5, 0.6) is 0 Å². The lowest BCUT2D eigenvalue weighted by molar-refractivity contribution is -0.117. The zero-order chi connectivity index (χ0) is 20.5. The van der Waals surface area contributed by atoms with Gasteiger partial charge in [0.25, 0.3) is 0 Å². The molecule has 0 saturated heterocycles. The number of hydrogen-bond donors (Lipinski definition) is 2. The van der Waals surface area contributed by atoms with Crippen LogP contribution in [0.3, 0.4) is 0 Å². The molecule has 2 saturated carbocycles. The van der Waals surface area contributed by atoms with Gasteiger partial charge in [-0.15, -0.1) is 0 Å². The summed E-state index contributed by atoms with van der Waals surface area (Å²) in [6.45, 7) is 5.77. The number of hydrogen-bond acceptors (Lipinski definition) is 5. The van der Waals surface area contributed by atoms with Crippen molar-refractivity contribution in [3.05, 3.63) is 23.8 Å². The molecule has 158 valence electrons. The van der Waals surface area contributed by atoms with Crippen LogP contribution in [0.1, 0.15) is 51.0 Å². The summed E-state index contributed by atoms with van der Waals surface area (Å²) >= 11 is 0. The molecule has 7 nitrogen and oxygen atoms in total. The second-order valence-electron chi connectivity index (χ2n) is 8.73. The second kappa shape index (κ2) is 8.32. The number of amides is 2. The van der Waals surface area contributed by atoms with Crippen molar-refractivity contribution in [2.75, 3.05) is 36.0 Å². The number of carbonyl (C=O) groups is 2. The first-order valence-corrected chi connectivity index (χ1v) is 10.8. The molecule has 1 aromatic carbocycles. The van der Waals surface area contributed by atoms with Gasteiger partial charge in [-0.2, -0.15) is 0 Å². The largest absolute Gasteiger partial charge is 0.449 e. The highest BCUT2D eigenvalue weighted by Gasteiger charge is 2.35. The number of benzene rings is 1. The average Bonchev–Trinajstić information content (AvgIpc) is 3.60. The van der Waals surface area contributed by atoms with Crippen molar-refractivity contribution in [3.63, 3.8) is 0 Å². The van der Waals surface area contributed by atoms with Crippen LogP contribution in [0.25, 0.3) is 0 Å². The van der Waals surface area contributed by atoms with Gasteiger partial charge in [-0.3, -0.25) is 9.69 Å². The Balaban J connectivity index is 1.61. The zero-order valence-electron chi connectivity index (χ0n) is 17.4. The van der Waals surface area contributed by atoms with Gasteiger partial charge in [0.1, 0.15) is 0 Å². The molecule has 2 aliphatic carbocycles. The molecule has 29 heavy (non-hydrogen) atoms. The number of nitrogens with zero attached hydrogens (tertiary/aromatic N) is 2. The van der Waals surface area contributed by atoms with Gasteiger partial charge in [-0.05, 0) is 56.2 Å². The molecule has 0 aromatic heterocycles. The Morgan fingerprint density at radius 1 is 1.24 bits per heavy atom. The first-order chi connectivity index (χ1) is 14.0. The van der Waals surface area contributed by atoms with Crippen LogP contribution in [0, 0.1) is 5.92 Å². The molecule has 1 heterocycles. The Morgan fingerprint density at radius 3 is 2.62 bits per heavy atom. The summed E-state index contributed by atoms with van der Waals surface area (Å²) in [6.07, 6.45) is 4.40. The van der Waals surface area contributed by atoms with E-state index in [4.69, 9.17) is 10.5 Å². The van der Waals surface area contributed by atoms with Crippen LogP contribution in [0.15, 0.2) is 18.2 Å². The lowest BCUT2D eigenvalue weighted by Crippen LogP contribution is -2.51. The van der Waals surface area contributed by atoms with E-state index < -0.39 is 0 Å². The summed E-state index contributed by atoms with van der Waals surface area (Å²) in [5.41, 5.74) is 8.63. The van der Waals surface area contributed by atoms with E-state index in [1.165, 1.54) is 12.8 Å². The molecule has 3 aliphatic rings. The molecular formula is C22H32N4O3. The van der Waals surface area contributed by atoms with Crippen LogP contribution in [0.2, 0.25) is 0 Å². The summed E-state index contributed by atoms with van der Waals surface area (Å²) in [7, 11) is 0. The molecule has 7 heteroatoms. The third-order valence-electron chi connectivity index (χ3n) is 6.12. The first-order valence-electron chi connectivity index (χ1n) is 10.8. The highest BCUT2D eigenvalue weighted by molar-refractivity contribution is 6.02. The van der Waals surface area contributed by atoms with E-state index >= 15 is 0 Å². The Kier molecular flexibility index (Phi) is 5.79. The van der Waals surface area contributed by atoms with Crippen LogP contribution in [-0.2, 0) is 9.53 Å². The minimum atomic E-state index is -0.328.